The van der Waals surface area contributed by atoms with Crippen LogP contribution in [0.1, 0.15) is 26.3 Å². The van der Waals surface area contributed by atoms with Gasteiger partial charge in [-0.3, -0.25) is 0 Å². The molecule has 1 aliphatic rings. The molecule has 0 aliphatic carbocycles. The van der Waals surface area contributed by atoms with Gasteiger partial charge >= 0.3 is 0 Å². The Morgan fingerprint density at radius 2 is 2.07 bits per heavy atom. The summed E-state index contributed by atoms with van der Waals surface area (Å²) in [5.74, 6) is 1.03. The number of nitrogens with one attached hydrogen (secondary N) is 1. The summed E-state index contributed by atoms with van der Waals surface area (Å²) < 4.78 is 5.90. The zero-order valence-corrected chi connectivity index (χ0v) is 9.05. The van der Waals surface area contributed by atoms with Gasteiger partial charge in [0.1, 0.15) is 11.4 Å². The number of anilines is 1. The Labute approximate surface area is 85.3 Å². The van der Waals surface area contributed by atoms with E-state index in [0.29, 0.717) is 0 Å². The number of benzene rings is 1. The molecule has 2 nitrogen and oxygen atoms in total. The average Bonchev–Trinajstić information content (AvgIpc) is 2.49. The SMILES string of the molecule is CC(C)(C)Oc1cccc2c1CCN2. The summed E-state index contributed by atoms with van der Waals surface area (Å²) in [4.78, 5) is 0. The van der Waals surface area contributed by atoms with E-state index in [9.17, 15) is 0 Å². The summed E-state index contributed by atoms with van der Waals surface area (Å²) in [6.45, 7) is 7.26. The van der Waals surface area contributed by atoms with Gasteiger partial charge in [-0.15, -0.1) is 0 Å². The molecule has 2 rings (SSSR count). The van der Waals surface area contributed by atoms with E-state index in [2.05, 4.69) is 38.2 Å². The fourth-order valence-corrected chi connectivity index (χ4v) is 1.74. The van der Waals surface area contributed by atoms with Crippen LogP contribution in [0.5, 0.6) is 5.75 Å². The van der Waals surface area contributed by atoms with Crippen LogP contribution in [0.25, 0.3) is 0 Å². The van der Waals surface area contributed by atoms with Gasteiger partial charge in [0.05, 0.1) is 0 Å². The lowest BCUT2D eigenvalue weighted by atomic mass is 10.1. The summed E-state index contributed by atoms with van der Waals surface area (Å²) >= 11 is 0. The van der Waals surface area contributed by atoms with Crippen molar-refractivity contribution in [1.29, 1.82) is 0 Å². The molecule has 0 fully saturated rings. The third-order valence-corrected chi connectivity index (χ3v) is 2.24. The zero-order valence-electron chi connectivity index (χ0n) is 9.05. The maximum Gasteiger partial charge on any atom is 0.125 e. The minimum atomic E-state index is -0.113. The molecule has 0 unspecified atom stereocenters. The van der Waals surface area contributed by atoms with Crippen molar-refractivity contribution in [2.75, 3.05) is 11.9 Å². The molecule has 1 N–H and O–H groups in total. The first-order valence-corrected chi connectivity index (χ1v) is 5.11. The predicted octanol–water partition coefficient (Wildman–Crippen LogP) is 2.83. The Kier molecular flexibility index (Phi) is 2.14. The molecule has 0 aromatic heterocycles. The molecule has 1 aromatic carbocycles. The molecule has 1 aliphatic heterocycles. The quantitative estimate of drug-likeness (QED) is 0.737. The second kappa shape index (κ2) is 3.19. The molecule has 0 saturated heterocycles. The van der Waals surface area contributed by atoms with Crippen LogP contribution in [0.3, 0.4) is 0 Å². The molecule has 76 valence electrons. The van der Waals surface area contributed by atoms with Gasteiger partial charge < -0.3 is 10.1 Å². The van der Waals surface area contributed by atoms with Gasteiger partial charge in [0.15, 0.2) is 0 Å². The highest BCUT2D eigenvalue weighted by molar-refractivity contribution is 5.61. The topological polar surface area (TPSA) is 21.3 Å². The first-order valence-electron chi connectivity index (χ1n) is 5.11. The van der Waals surface area contributed by atoms with Crippen molar-refractivity contribution in [3.8, 4) is 5.75 Å². The molecule has 14 heavy (non-hydrogen) atoms. The lowest BCUT2D eigenvalue weighted by molar-refractivity contribution is 0.130. The first kappa shape index (κ1) is 9.38. The van der Waals surface area contributed by atoms with Gasteiger partial charge in [0, 0.05) is 17.8 Å². The van der Waals surface area contributed by atoms with E-state index in [1.807, 2.05) is 6.07 Å². The Hall–Kier alpha value is -1.18. The van der Waals surface area contributed by atoms with Crippen molar-refractivity contribution in [2.45, 2.75) is 32.8 Å². The summed E-state index contributed by atoms with van der Waals surface area (Å²) in [5, 5.41) is 3.35. The van der Waals surface area contributed by atoms with Crippen LogP contribution >= 0.6 is 0 Å². The molecular weight excluding hydrogens is 174 g/mol. The highest BCUT2D eigenvalue weighted by Crippen LogP contribution is 2.32. The number of rotatable bonds is 1. The normalized spacial score (nSPS) is 14.8. The van der Waals surface area contributed by atoms with Crippen molar-refractivity contribution in [3.05, 3.63) is 23.8 Å². The number of fused-ring (bicyclic) bond motifs is 1. The molecule has 1 aromatic rings. The maximum absolute atomic E-state index is 5.90. The molecule has 0 bridgehead atoms. The van der Waals surface area contributed by atoms with E-state index in [1.165, 1.54) is 11.3 Å². The van der Waals surface area contributed by atoms with E-state index in [0.717, 1.165) is 18.7 Å². The van der Waals surface area contributed by atoms with Crippen LogP contribution in [-0.4, -0.2) is 12.1 Å². The Balaban J connectivity index is 2.31. The molecule has 0 amide bonds. The Morgan fingerprint density at radius 1 is 1.29 bits per heavy atom. The largest absolute Gasteiger partial charge is 0.488 e. The zero-order chi connectivity index (χ0) is 10.2. The molecular formula is C12H17NO. The van der Waals surface area contributed by atoms with E-state index in [-0.39, 0.29) is 5.60 Å². The van der Waals surface area contributed by atoms with Crippen molar-refractivity contribution in [2.24, 2.45) is 0 Å². The van der Waals surface area contributed by atoms with Gasteiger partial charge in [-0.2, -0.15) is 0 Å². The van der Waals surface area contributed by atoms with Crippen LogP contribution in [0.15, 0.2) is 18.2 Å². The fraction of sp³-hybridized carbons (Fsp3) is 0.500. The highest BCUT2D eigenvalue weighted by Gasteiger charge is 2.19. The van der Waals surface area contributed by atoms with Crippen molar-refractivity contribution in [1.82, 2.24) is 0 Å². The molecule has 0 spiro atoms. The minimum Gasteiger partial charge on any atom is -0.488 e. The second-order valence-electron chi connectivity index (χ2n) is 4.67. The van der Waals surface area contributed by atoms with E-state index >= 15 is 0 Å². The third-order valence-electron chi connectivity index (χ3n) is 2.24. The van der Waals surface area contributed by atoms with E-state index in [4.69, 9.17) is 4.74 Å². The third kappa shape index (κ3) is 1.84. The van der Waals surface area contributed by atoms with Gasteiger partial charge in [0.25, 0.3) is 0 Å². The van der Waals surface area contributed by atoms with Crippen LogP contribution in [0.4, 0.5) is 5.69 Å². The van der Waals surface area contributed by atoms with Crippen LogP contribution in [-0.2, 0) is 6.42 Å². The van der Waals surface area contributed by atoms with Crippen LogP contribution in [0.2, 0.25) is 0 Å². The lowest BCUT2D eigenvalue weighted by Gasteiger charge is -2.22. The van der Waals surface area contributed by atoms with Gasteiger partial charge in [0.2, 0.25) is 0 Å². The maximum atomic E-state index is 5.90. The van der Waals surface area contributed by atoms with Crippen molar-refractivity contribution < 1.29 is 4.74 Å². The van der Waals surface area contributed by atoms with Crippen molar-refractivity contribution in [3.63, 3.8) is 0 Å². The first-order chi connectivity index (χ1) is 6.56. The summed E-state index contributed by atoms with van der Waals surface area (Å²) in [6, 6.07) is 6.20. The Morgan fingerprint density at radius 3 is 2.79 bits per heavy atom. The molecule has 0 radical (unpaired) electrons. The number of hydrogen-bond acceptors (Lipinski definition) is 2. The molecule has 0 atom stereocenters. The van der Waals surface area contributed by atoms with E-state index in [1.54, 1.807) is 0 Å². The molecule has 0 saturated carbocycles. The monoisotopic (exact) mass is 191 g/mol. The molecule has 1 heterocycles. The fourth-order valence-electron chi connectivity index (χ4n) is 1.74. The summed E-state index contributed by atoms with van der Waals surface area (Å²) in [5.41, 5.74) is 2.44. The van der Waals surface area contributed by atoms with Gasteiger partial charge in [-0.05, 0) is 39.3 Å². The van der Waals surface area contributed by atoms with Crippen LogP contribution < -0.4 is 10.1 Å². The average molecular weight is 191 g/mol. The van der Waals surface area contributed by atoms with Crippen LogP contribution in [0, 0.1) is 0 Å². The predicted molar refractivity (Wildman–Crippen MR) is 59.0 cm³/mol. The smallest absolute Gasteiger partial charge is 0.125 e. The summed E-state index contributed by atoms with van der Waals surface area (Å²) in [6.07, 6.45) is 1.07. The second-order valence-corrected chi connectivity index (χ2v) is 4.67. The standard InChI is InChI=1S/C12H17NO/c1-12(2,3)14-11-6-4-5-10-9(11)7-8-13-10/h4-6,13H,7-8H2,1-3H3. The van der Waals surface area contributed by atoms with Gasteiger partial charge in [-0.25, -0.2) is 0 Å². The Bertz CT molecular complexity index is 339. The lowest BCUT2D eigenvalue weighted by Crippen LogP contribution is -2.23. The van der Waals surface area contributed by atoms with Gasteiger partial charge in [-0.1, -0.05) is 6.07 Å². The number of ether oxygens (including phenoxy) is 1. The molecule has 2 heteroatoms. The minimum absolute atomic E-state index is 0.113. The van der Waals surface area contributed by atoms with E-state index < -0.39 is 0 Å². The summed E-state index contributed by atoms with van der Waals surface area (Å²) in [7, 11) is 0. The number of hydrogen-bond donors (Lipinski definition) is 1. The van der Waals surface area contributed by atoms with Crippen molar-refractivity contribution >= 4 is 5.69 Å². The highest BCUT2D eigenvalue weighted by atomic mass is 16.5.